The second-order valence-corrected chi connectivity index (χ2v) is 5.12. The Kier molecular flexibility index (Phi) is 3.58. The molecule has 106 valence electrons. The molecule has 0 spiro atoms. The third-order valence-corrected chi connectivity index (χ3v) is 3.47. The Morgan fingerprint density at radius 1 is 1.19 bits per heavy atom. The standard InChI is InChI=1S/C15H12ClN3O2/c16-13-6-5-10(7-17-13)15(21)19-8-11-3-1-2-4-12(11)18-14(20)9-19/h1-7H,8-9H2,(H,18,20). The van der Waals surface area contributed by atoms with E-state index < -0.39 is 0 Å². The second-order valence-electron chi connectivity index (χ2n) is 4.74. The Bertz CT molecular complexity index is 700. The summed E-state index contributed by atoms with van der Waals surface area (Å²) in [6, 6.07) is 10.6. The van der Waals surface area contributed by atoms with Gasteiger partial charge in [-0.2, -0.15) is 0 Å². The van der Waals surface area contributed by atoms with Crippen LogP contribution in [0.25, 0.3) is 0 Å². The van der Waals surface area contributed by atoms with Gasteiger partial charge in [-0.3, -0.25) is 9.59 Å². The van der Waals surface area contributed by atoms with Gasteiger partial charge in [0.25, 0.3) is 5.91 Å². The van der Waals surface area contributed by atoms with Crippen molar-refractivity contribution in [1.29, 1.82) is 0 Å². The molecule has 2 amide bonds. The van der Waals surface area contributed by atoms with E-state index in [1.807, 2.05) is 24.3 Å². The van der Waals surface area contributed by atoms with Crippen LogP contribution in [0.15, 0.2) is 42.6 Å². The van der Waals surface area contributed by atoms with Crippen LogP contribution in [-0.4, -0.2) is 28.2 Å². The largest absolute Gasteiger partial charge is 0.325 e. The summed E-state index contributed by atoms with van der Waals surface area (Å²) in [6.45, 7) is 0.381. The molecule has 2 aromatic rings. The highest BCUT2D eigenvalue weighted by Crippen LogP contribution is 2.21. The predicted molar refractivity (Wildman–Crippen MR) is 79.1 cm³/mol. The molecule has 5 nitrogen and oxygen atoms in total. The Morgan fingerprint density at radius 2 is 2.00 bits per heavy atom. The molecule has 2 heterocycles. The van der Waals surface area contributed by atoms with Gasteiger partial charge in [-0.15, -0.1) is 0 Å². The van der Waals surface area contributed by atoms with Gasteiger partial charge in [-0.05, 0) is 23.8 Å². The lowest BCUT2D eigenvalue weighted by molar-refractivity contribution is -0.116. The number of anilines is 1. The van der Waals surface area contributed by atoms with Crippen molar-refractivity contribution in [2.45, 2.75) is 6.54 Å². The van der Waals surface area contributed by atoms with Crippen molar-refractivity contribution in [2.75, 3.05) is 11.9 Å². The molecule has 1 aromatic heterocycles. The van der Waals surface area contributed by atoms with Gasteiger partial charge < -0.3 is 10.2 Å². The molecule has 0 atom stereocenters. The zero-order valence-corrected chi connectivity index (χ0v) is 11.8. The van der Waals surface area contributed by atoms with Crippen molar-refractivity contribution in [3.63, 3.8) is 0 Å². The van der Waals surface area contributed by atoms with Crippen LogP contribution in [0.4, 0.5) is 5.69 Å². The molecule has 0 bridgehead atoms. The monoisotopic (exact) mass is 301 g/mol. The van der Waals surface area contributed by atoms with Gasteiger partial charge in [0.1, 0.15) is 11.7 Å². The predicted octanol–water partition coefficient (Wildman–Crippen LogP) is 2.33. The Labute approximate surface area is 126 Å². The van der Waals surface area contributed by atoms with E-state index in [0.29, 0.717) is 17.3 Å². The number of para-hydroxylation sites is 1. The highest BCUT2D eigenvalue weighted by Gasteiger charge is 2.23. The number of aromatic nitrogens is 1. The lowest BCUT2D eigenvalue weighted by Crippen LogP contribution is -2.35. The molecule has 0 fully saturated rings. The minimum atomic E-state index is -0.244. The smallest absolute Gasteiger partial charge is 0.256 e. The van der Waals surface area contributed by atoms with Crippen molar-refractivity contribution >= 4 is 29.1 Å². The highest BCUT2D eigenvalue weighted by atomic mass is 35.5. The van der Waals surface area contributed by atoms with Crippen LogP contribution in [0.3, 0.4) is 0 Å². The molecule has 3 rings (SSSR count). The topological polar surface area (TPSA) is 62.3 Å². The van der Waals surface area contributed by atoms with Gasteiger partial charge in [0.05, 0.1) is 5.56 Å². The fourth-order valence-corrected chi connectivity index (χ4v) is 2.35. The van der Waals surface area contributed by atoms with E-state index in [0.717, 1.165) is 11.3 Å². The summed E-state index contributed by atoms with van der Waals surface area (Å²) in [4.78, 5) is 29.8. The molecular formula is C15H12ClN3O2. The van der Waals surface area contributed by atoms with Gasteiger partial charge >= 0.3 is 0 Å². The maximum absolute atomic E-state index is 12.5. The number of hydrogen-bond donors (Lipinski definition) is 1. The number of carbonyl (C=O) groups is 2. The summed E-state index contributed by atoms with van der Waals surface area (Å²) in [5.41, 5.74) is 2.05. The molecule has 1 aromatic carbocycles. The average molecular weight is 302 g/mol. The van der Waals surface area contributed by atoms with Gasteiger partial charge in [-0.1, -0.05) is 29.8 Å². The van der Waals surface area contributed by atoms with E-state index in [9.17, 15) is 9.59 Å². The van der Waals surface area contributed by atoms with E-state index in [1.165, 1.54) is 11.1 Å². The molecule has 1 N–H and O–H groups in total. The summed E-state index contributed by atoms with van der Waals surface area (Å²) in [6.07, 6.45) is 1.42. The molecule has 6 heteroatoms. The minimum Gasteiger partial charge on any atom is -0.325 e. The molecule has 0 radical (unpaired) electrons. The molecule has 0 saturated carbocycles. The first-order chi connectivity index (χ1) is 10.1. The zero-order valence-electron chi connectivity index (χ0n) is 11.0. The third kappa shape index (κ3) is 2.87. The molecule has 1 aliphatic heterocycles. The number of rotatable bonds is 1. The summed E-state index contributed by atoms with van der Waals surface area (Å²) in [5.74, 6) is -0.457. The zero-order chi connectivity index (χ0) is 14.8. The maximum Gasteiger partial charge on any atom is 0.256 e. The highest BCUT2D eigenvalue weighted by molar-refractivity contribution is 6.29. The SMILES string of the molecule is O=C1CN(C(=O)c2ccc(Cl)nc2)Cc2ccccc2N1. The molecule has 1 aliphatic rings. The van der Waals surface area contributed by atoms with E-state index in [-0.39, 0.29) is 18.4 Å². The number of nitrogens with zero attached hydrogens (tertiary/aromatic N) is 2. The van der Waals surface area contributed by atoms with Crippen molar-refractivity contribution in [3.8, 4) is 0 Å². The van der Waals surface area contributed by atoms with E-state index >= 15 is 0 Å². The maximum atomic E-state index is 12.5. The molecule has 0 saturated heterocycles. The van der Waals surface area contributed by atoms with Crippen molar-refractivity contribution in [3.05, 3.63) is 58.9 Å². The van der Waals surface area contributed by atoms with Crippen LogP contribution in [0.5, 0.6) is 0 Å². The van der Waals surface area contributed by atoms with Gasteiger partial charge in [0, 0.05) is 18.4 Å². The van der Waals surface area contributed by atoms with Crippen LogP contribution in [0.2, 0.25) is 5.15 Å². The van der Waals surface area contributed by atoms with Crippen LogP contribution in [0, 0.1) is 0 Å². The van der Waals surface area contributed by atoms with E-state index in [1.54, 1.807) is 12.1 Å². The van der Waals surface area contributed by atoms with Crippen molar-refractivity contribution < 1.29 is 9.59 Å². The lowest BCUT2D eigenvalue weighted by atomic mass is 10.1. The van der Waals surface area contributed by atoms with Crippen molar-refractivity contribution in [1.82, 2.24) is 9.88 Å². The quantitative estimate of drug-likeness (QED) is 0.822. The number of halogens is 1. The Hall–Kier alpha value is -2.40. The van der Waals surface area contributed by atoms with Crippen LogP contribution >= 0.6 is 11.6 Å². The summed E-state index contributed by atoms with van der Waals surface area (Å²) >= 11 is 5.72. The first-order valence-corrected chi connectivity index (χ1v) is 6.80. The molecular weight excluding hydrogens is 290 g/mol. The van der Waals surface area contributed by atoms with Gasteiger partial charge in [0.15, 0.2) is 0 Å². The molecule has 21 heavy (non-hydrogen) atoms. The number of nitrogens with one attached hydrogen (secondary N) is 1. The summed E-state index contributed by atoms with van der Waals surface area (Å²) in [7, 11) is 0. The fraction of sp³-hybridized carbons (Fsp3) is 0.133. The first kappa shape index (κ1) is 13.6. The van der Waals surface area contributed by atoms with Crippen molar-refractivity contribution in [2.24, 2.45) is 0 Å². The normalized spacial score (nSPS) is 14.1. The van der Waals surface area contributed by atoms with Crippen LogP contribution in [-0.2, 0) is 11.3 Å². The number of amides is 2. The third-order valence-electron chi connectivity index (χ3n) is 3.25. The van der Waals surface area contributed by atoms with Gasteiger partial charge in [0.2, 0.25) is 5.91 Å². The van der Waals surface area contributed by atoms with E-state index in [4.69, 9.17) is 11.6 Å². The van der Waals surface area contributed by atoms with Crippen LogP contribution < -0.4 is 5.32 Å². The Morgan fingerprint density at radius 3 is 2.76 bits per heavy atom. The Balaban J connectivity index is 1.90. The van der Waals surface area contributed by atoms with Crippen LogP contribution in [0.1, 0.15) is 15.9 Å². The summed E-state index contributed by atoms with van der Waals surface area (Å²) in [5, 5.41) is 3.12. The number of carbonyl (C=O) groups excluding carboxylic acids is 2. The first-order valence-electron chi connectivity index (χ1n) is 6.42. The summed E-state index contributed by atoms with van der Waals surface area (Å²) < 4.78 is 0. The second kappa shape index (κ2) is 5.54. The minimum absolute atomic E-state index is 0.0101. The molecule has 0 aliphatic carbocycles. The van der Waals surface area contributed by atoms with Gasteiger partial charge in [-0.25, -0.2) is 4.98 Å². The molecule has 0 unspecified atom stereocenters. The number of benzene rings is 1. The lowest BCUT2D eigenvalue weighted by Gasteiger charge is -2.19. The number of hydrogen-bond acceptors (Lipinski definition) is 3. The fourth-order valence-electron chi connectivity index (χ4n) is 2.23. The average Bonchev–Trinajstić information content (AvgIpc) is 2.65. The number of fused-ring (bicyclic) bond motifs is 1. The van der Waals surface area contributed by atoms with E-state index in [2.05, 4.69) is 10.3 Å². The number of pyridine rings is 1.